The van der Waals surface area contributed by atoms with Crippen LogP contribution in [0.5, 0.6) is 0 Å². The topological polar surface area (TPSA) is 20.2 Å². The highest BCUT2D eigenvalue weighted by Crippen LogP contribution is 2.10. The predicted octanol–water partition coefficient (Wildman–Crippen LogP) is 5.62. The Labute approximate surface area is 115 Å². The first-order valence-corrected chi connectivity index (χ1v) is 8.14. The lowest BCUT2D eigenvalue weighted by Gasteiger charge is -2.07. The van der Waals surface area contributed by atoms with Gasteiger partial charge in [-0.2, -0.15) is 0 Å². The van der Waals surface area contributed by atoms with E-state index in [0.717, 1.165) is 12.8 Å². The van der Waals surface area contributed by atoms with Crippen molar-refractivity contribution < 1.29 is 5.11 Å². The van der Waals surface area contributed by atoms with Crippen molar-refractivity contribution in [3.8, 4) is 0 Å². The van der Waals surface area contributed by atoms with Gasteiger partial charge in [-0.1, -0.05) is 77.4 Å². The van der Waals surface area contributed by atoms with Crippen molar-refractivity contribution in [2.24, 2.45) is 0 Å². The fraction of sp³-hybridized carbons (Fsp3) is 0.882. The van der Waals surface area contributed by atoms with Gasteiger partial charge in [0.05, 0.1) is 6.10 Å². The highest BCUT2D eigenvalue weighted by Gasteiger charge is 2.00. The number of rotatable bonds is 13. The van der Waals surface area contributed by atoms with Gasteiger partial charge >= 0.3 is 0 Å². The first-order valence-electron chi connectivity index (χ1n) is 8.14. The maximum atomic E-state index is 9.80. The molecule has 18 heavy (non-hydrogen) atoms. The average Bonchev–Trinajstić information content (AvgIpc) is 2.37. The number of aliphatic hydroxyl groups is 1. The van der Waals surface area contributed by atoms with Crippen molar-refractivity contribution >= 4 is 0 Å². The summed E-state index contributed by atoms with van der Waals surface area (Å²) >= 11 is 0. The molecule has 0 amide bonds. The molecule has 1 atom stereocenters. The molecule has 0 aromatic heterocycles. The zero-order valence-corrected chi connectivity index (χ0v) is 12.7. The van der Waals surface area contributed by atoms with Gasteiger partial charge in [0.15, 0.2) is 0 Å². The van der Waals surface area contributed by atoms with E-state index in [-0.39, 0.29) is 6.10 Å². The van der Waals surface area contributed by atoms with Gasteiger partial charge in [-0.3, -0.25) is 0 Å². The molecule has 0 aromatic carbocycles. The molecule has 1 unspecified atom stereocenters. The zero-order valence-electron chi connectivity index (χ0n) is 12.7. The quantitative estimate of drug-likeness (QED) is 0.334. The van der Waals surface area contributed by atoms with Crippen LogP contribution >= 0.6 is 0 Å². The van der Waals surface area contributed by atoms with Crippen LogP contribution in [0.3, 0.4) is 0 Å². The van der Waals surface area contributed by atoms with E-state index in [2.05, 4.69) is 26.0 Å². The normalized spacial score (nSPS) is 13.3. The summed E-state index contributed by atoms with van der Waals surface area (Å²) in [6.07, 6.45) is 19.1. The van der Waals surface area contributed by atoms with Crippen LogP contribution in [0.1, 0.15) is 90.9 Å². The maximum absolute atomic E-state index is 9.80. The summed E-state index contributed by atoms with van der Waals surface area (Å²) in [5.74, 6) is 0. The third-order valence-corrected chi connectivity index (χ3v) is 3.44. The van der Waals surface area contributed by atoms with Crippen molar-refractivity contribution in [2.75, 3.05) is 0 Å². The largest absolute Gasteiger partial charge is 0.393 e. The Hall–Kier alpha value is -0.300. The van der Waals surface area contributed by atoms with Gasteiger partial charge in [-0.15, -0.1) is 0 Å². The monoisotopic (exact) mass is 254 g/mol. The predicted molar refractivity (Wildman–Crippen MR) is 81.9 cm³/mol. The van der Waals surface area contributed by atoms with Crippen molar-refractivity contribution in [1.82, 2.24) is 0 Å². The minimum Gasteiger partial charge on any atom is -0.393 e. The van der Waals surface area contributed by atoms with Crippen LogP contribution in [-0.4, -0.2) is 11.2 Å². The van der Waals surface area contributed by atoms with Gasteiger partial charge in [0, 0.05) is 0 Å². The average molecular weight is 254 g/mol. The number of allylic oxidation sites excluding steroid dienone is 1. The molecule has 0 saturated heterocycles. The van der Waals surface area contributed by atoms with E-state index in [9.17, 15) is 5.11 Å². The van der Waals surface area contributed by atoms with Gasteiger partial charge in [-0.05, 0) is 25.7 Å². The minimum absolute atomic E-state index is 0.112. The Bertz CT molecular complexity index is 174. The minimum atomic E-state index is -0.112. The molecule has 0 aliphatic heterocycles. The maximum Gasteiger partial charge on any atom is 0.0574 e. The van der Waals surface area contributed by atoms with Crippen LogP contribution in [0.4, 0.5) is 0 Å². The Morgan fingerprint density at radius 3 is 2.06 bits per heavy atom. The Morgan fingerprint density at radius 2 is 1.39 bits per heavy atom. The summed E-state index contributed by atoms with van der Waals surface area (Å²) in [5.41, 5.74) is 0. The molecule has 0 radical (unpaired) electrons. The van der Waals surface area contributed by atoms with Gasteiger partial charge in [0.25, 0.3) is 0 Å². The SMILES string of the molecule is CCCCCCC=CCC(O)CCCCCCC. The van der Waals surface area contributed by atoms with E-state index < -0.39 is 0 Å². The van der Waals surface area contributed by atoms with Gasteiger partial charge in [0.2, 0.25) is 0 Å². The van der Waals surface area contributed by atoms with E-state index in [1.165, 1.54) is 64.2 Å². The number of aliphatic hydroxyl groups excluding tert-OH is 1. The van der Waals surface area contributed by atoms with Gasteiger partial charge < -0.3 is 5.11 Å². The lowest BCUT2D eigenvalue weighted by molar-refractivity contribution is 0.163. The molecule has 0 aromatic rings. The summed E-state index contributed by atoms with van der Waals surface area (Å²) in [7, 11) is 0. The molecule has 108 valence electrons. The fourth-order valence-electron chi connectivity index (χ4n) is 2.16. The molecule has 1 heteroatoms. The van der Waals surface area contributed by atoms with Crippen molar-refractivity contribution in [3.05, 3.63) is 12.2 Å². The third kappa shape index (κ3) is 13.8. The summed E-state index contributed by atoms with van der Waals surface area (Å²) in [6.45, 7) is 4.48. The van der Waals surface area contributed by atoms with Crippen LogP contribution in [0.2, 0.25) is 0 Å². The van der Waals surface area contributed by atoms with Crippen LogP contribution in [0.25, 0.3) is 0 Å². The molecule has 1 nitrogen and oxygen atoms in total. The van der Waals surface area contributed by atoms with E-state index in [1.807, 2.05) is 0 Å². The number of hydrogen-bond donors (Lipinski definition) is 1. The lowest BCUT2D eigenvalue weighted by Crippen LogP contribution is -2.04. The summed E-state index contributed by atoms with van der Waals surface area (Å²) in [4.78, 5) is 0. The fourth-order valence-corrected chi connectivity index (χ4v) is 2.16. The van der Waals surface area contributed by atoms with Crippen LogP contribution < -0.4 is 0 Å². The van der Waals surface area contributed by atoms with E-state index >= 15 is 0 Å². The van der Waals surface area contributed by atoms with E-state index in [1.54, 1.807) is 0 Å². The molecular formula is C17H34O. The van der Waals surface area contributed by atoms with Crippen molar-refractivity contribution in [2.45, 2.75) is 97.0 Å². The molecular weight excluding hydrogens is 220 g/mol. The summed E-state index contributed by atoms with van der Waals surface area (Å²) in [5, 5.41) is 9.80. The summed E-state index contributed by atoms with van der Waals surface area (Å²) in [6, 6.07) is 0. The molecule has 0 aliphatic carbocycles. The van der Waals surface area contributed by atoms with E-state index in [0.29, 0.717) is 0 Å². The Morgan fingerprint density at radius 1 is 0.778 bits per heavy atom. The van der Waals surface area contributed by atoms with Crippen LogP contribution in [0, 0.1) is 0 Å². The summed E-state index contributed by atoms with van der Waals surface area (Å²) < 4.78 is 0. The molecule has 0 spiro atoms. The molecule has 0 rings (SSSR count). The molecule has 1 N–H and O–H groups in total. The van der Waals surface area contributed by atoms with Crippen LogP contribution in [0.15, 0.2) is 12.2 Å². The molecule has 0 heterocycles. The first-order chi connectivity index (χ1) is 8.81. The number of unbranched alkanes of at least 4 members (excludes halogenated alkanes) is 8. The van der Waals surface area contributed by atoms with Gasteiger partial charge in [0.1, 0.15) is 0 Å². The standard InChI is InChI=1S/C17H34O/c1-3-5-7-9-10-12-14-16-17(18)15-13-11-8-6-4-2/h12,14,17-18H,3-11,13,15-16H2,1-2H3. The molecule has 0 aliphatic rings. The Kier molecular flexibility index (Phi) is 14.5. The number of hydrogen-bond acceptors (Lipinski definition) is 1. The van der Waals surface area contributed by atoms with Crippen molar-refractivity contribution in [1.29, 1.82) is 0 Å². The first kappa shape index (κ1) is 17.7. The van der Waals surface area contributed by atoms with Crippen molar-refractivity contribution in [3.63, 3.8) is 0 Å². The third-order valence-electron chi connectivity index (χ3n) is 3.44. The molecule has 0 saturated carbocycles. The van der Waals surface area contributed by atoms with E-state index in [4.69, 9.17) is 0 Å². The second kappa shape index (κ2) is 14.8. The molecule has 0 fully saturated rings. The zero-order chi connectivity index (χ0) is 13.5. The second-order valence-corrected chi connectivity index (χ2v) is 5.41. The van der Waals surface area contributed by atoms with Gasteiger partial charge in [-0.25, -0.2) is 0 Å². The smallest absolute Gasteiger partial charge is 0.0574 e. The van der Waals surface area contributed by atoms with Crippen LogP contribution in [-0.2, 0) is 0 Å². The highest BCUT2D eigenvalue weighted by molar-refractivity contribution is 4.83. The lowest BCUT2D eigenvalue weighted by atomic mass is 10.1. The second-order valence-electron chi connectivity index (χ2n) is 5.41. The highest BCUT2D eigenvalue weighted by atomic mass is 16.3. The molecule has 0 bridgehead atoms. The Balaban J connectivity index is 3.24.